The lowest BCUT2D eigenvalue weighted by molar-refractivity contribution is -0.150. The Hall–Kier alpha value is -2.73. The molecule has 2 amide bonds. The molecule has 6 heteroatoms. The van der Waals surface area contributed by atoms with Gasteiger partial charge in [0.2, 0.25) is 5.91 Å². The molecule has 3 heterocycles. The summed E-state index contributed by atoms with van der Waals surface area (Å²) in [7, 11) is 3.64. The summed E-state index contributed by atoms with van der Waals surface area (Å²) in [5.74, 6) is 0.234. The van der Waals surface area contributed by atoms with Gasteiger partial charge in [-0.15, -0.1) is 0 Å². The molecule has 1 atom stereocenters. The van der Waals surface area contributed by atoms with Gasteiger partial charge in [0.25, 0.3) is 5.91 Å². The second-order valence-electron chi connectivity index (χ2n) is 8.92. The first-order chi connectivity index (χ1) is 15.0. The first-order valence-electron chi connectivity index (χ1n) is 11.1. The average Bonchev–Trinajstić information content (AvgIpc) is 3.35. The number of carbonyl (C=O) groups is 2. The minimum Gasteiger partial charge on any atom is -0.368 e. The molecular formula is C25H31N3O3. The average molecular weight is 422 g/mol. The molecule has 0 radical (unpaired) electrons. The Kier molecular flexibility index (Phi) is 6.37. The first-order valence-corrected chi connectivity index (χ1v) is 11.1. The number of likely N-dealkylation sites (tertiary alicyclic amines) is 1. The molecule has 4 rings (SSSR count). The maximum absolute atomic E-state index is 13.2. The highest BCUT2D eigenvalue weighted by molar-refractivity contribution is 5.84. The van der Waals surface area contributed by atoms with E-state index in [1.54, 1.807) is 11.1 Å². The van der Waals surface area contributed by atoms with Crippen LogP contribution in [-0.4, -0.2) is 66.5 Å². The SMILES string of the molecule is CN(C)C(=O)C1(Cc2ccc(-c3cccnc3)cc2)CCN(C(=O)C2CCCO2)CC1. The topological polar surface area (TPSA) is 62.7 Å². The Labute approximate surface area is 184 Å². The number of amides is 2. The summed E-state index contributed by atoms with van der Waals surface area (Å²) in [6.45, 7) is 1.88. The van der Waals surface area contributed by atoms with Gasteiger partial charge in [-0.25, -0.2) is 0 Å². The number of piperidine rings is 1. The number of hydrogen-bond acceptors (Lipinski definition) is 4. The van der Waals surface area contributed by atoms with Gasteiger partial charge in [0.05, 0.1) is 5.41 Å². The van der Waals surface area contributed by atoms with Crippen LogP contribution in [-0.2, 0) is 20.7 Å². The molecule has 31 heavy (non-hydrogen) atoms. The van der Waals surface area contributed by atoms with Gasteiger partial charge in [0, 0.05) is 46.2 Å². The van der Waals surface area contributed by atoms with Crippen molar-refractivity contribution in [2.75, 3.05) is 33.8 Å². The lowest BCUT2D eigenvalue weighted by Crippen LogP contribution is -2.52. The number of pyridine rings is 1. The predicted octanol–water partition coefficient (Wildman–Crippen LogP) is 3.17. The number of benzene rings is 1. The van der Waals surface area contributed by atoms with E-state index in [0.29, 0.717) is 39.0 Å². The van der Waals surface area contributed by atoms with Gasteiger partial charge in [-0.05, 0) is 54.9 Å². The van der Waals surface area contributed by atoms with Crippen molar-refractivity contribution in [2.45, 2.75) is 38.2 Å². The van der Waals surface area contributed by atoms with E-state index in [-0.39, 0.29) is 17.9 Å². The first kappa shape index (κ1) is 21.5. The van der Waals surface area contributed by atoms with Crippen molar-refractivity contribution in [1.29, 1.82) is 0 Å². The molecule has 0 saturated carbocycles. The normalized spacial score (nSPS) is 20.5. The number of rotatable bonds is 5. The van der Waals surface area contributed by atoms with E-state index >= 15 is 0 Å². The zero-order chi connectivity index (χ0) is 21.8. The number of hydrogen-bond donors (Lipinski definition) is 0. The second kappa shape index (κ2) is 9.18. The number of ether oxygens (including phenoxy) is 1. The molecule has 2 aliphatic heterocycles. The molecular weight excluding hydrogens is 390 g/mol. The molecule has 0 aliphatic carbocycles. The maximum Gasteiger partial charge on any atom is 0.251 e. The van der Waals surface area contributed by atoms with Gasteiger partial charge in [0.1, 0.15) is 6.10 Å². The Bertz CT molecular complexity index is 897. The molecule has 2 aliphatic rings. The van der Waals surface area contributed by atoms with Gasteiger partial charge < -0.3 is 14.5 Å². The molecule has 1 aromatic heterocycles. The second-order valence-corrected chi connectivity index (χ2v) is 8.92. The fourth-order valence-corrected chi connectivity index (χ4v) is 4.81. The Balaban J connectivity index is 1.48. The maximum atomic E-state index is 13.2. The molecule has 0 N–H and O–H groups in total. The lowest BCUT2D eigenvalue weighted by atomic mass is 9.72. The summed E-state index contributed by atoms with van der Waals surface area (Å²) >= 11 is 0. The summed E-state index contributed by atoms with van der Waals surface area (Å²) in [6, 6.07) is 12.4. The summed E-state index contributed by atoms with van der Waals surface area (Å²) < 4.78 is 5.58. The van der Waals surface area contributed by atoms with Crippen molar-refractivity contribution >= 4 is 11.8 Å². The Morgan fingerprint density at radius 1 is 1.13 bits per heavy atom. The van der Waals surface area contributed by atoms with Crippen LogP contribution in [0.4, 0.5) is 0 Å². The fraction of sp³-hybridized carbons (Fsp3) is 0.480. The smallest absolute Gasteiger partial charge is 0.251 e. The molecule has 0 bridgehead atoms. The van der Waals surface area contributed by atoms with Gasteiger partial charge in [-0.1, -0.05) is 30.3 Å². The van der Waals surface area contributed by atoms with E-state index in [1.165, 1.54) is 0 Å². The summed E-state index contributed by atoms with van der Waals surface area (Å²) in [4.78, 5) is 33.8. The minimum atomic E-state index is -0.480. The molecule has 2 fully saturated rings. The van der Waals surface area contributed by atoms with E-state index in [9.17, 15) is 9.59 Å². The number of carbonyl (C=O) groups excluding carboxylic acids is 2. The summed E-state index contributed by atoms with van der Waals surface area (Å²) in [6.07, 6.45) is 7.11. The zero-order valence-corrected chi connectivity index (χ0v) is 18.4. The van der Waals surface area contributed by atoms with Crippen LogP contribution >= 0.6 is 0 Å². The van der Waals surface area contributed by atoms with Crippen LogP contribution in [0.5, 0.6) is 0 Å². The van der Waals surface area contributed by atoms with Crippen LogP contribution < -0.4 is 0 Å². The van der Waals surface area contributed by atoms with Crippen molar-refractivity contribution < 1.29 is 14.3 Å². The third-order valence-electron chi connectivity index (χ3n) is 6.59. The molecule has 6 nitrogen and oxygen atoms in total. The fourth-order valence-electron chi connectivity index (χ4n) is 4.81. The highest BCUT2D eigenvalue weighted by Gasteiger charge is 2.44. The van der Waals surface area contributed by atoms with Crippen molar-refractivity contribution in [2.24, 2.45) is 5.41 Å². The highest BCUT2D eigenvalue weighted by atomic mass is 16.5. The van der Waals surface area contributed by atoms with Crippen LogP contribution in [0.15, 0.2) is 48.8 Å². The quantitative estimate of drug-likeness (QED) is 0.744. The molecule has 1 aromatic carbocycles. The lowest BCUT2D eigenvalue weighted by Gasteiger charge is -2.42. The molecule has 1 unspecified atom stereocenters. The van der Waals surface area contributed by atoms with Crippen molar-refractivity contribution in [1.82, 2.24) is 14.8 Å². The Morgan fingerprint density at radius 3 is 2.45 bits per heavy atom. The van der Waals surface area contributed by atoms with Crippen molar-refractivity contribution in [3.63, 3.8) is 0 Å². The zero-order valence-electron chi connectivity index (χ0n) is 18.4. The van der Waals surface area contributed by atoms with Crippen LogP contribution in [0, 0.1) is 5.41 Å². The van der Waals surface area contributed by atoms with Crippen LogP contribution in [0.1, 0.15) is 31.2 Å². The number of nitrogens with zero attached hydrogens (tertiary/aromatic N) is 3. The van der Waals surface area contributed by atoms with Gasteiger partial charge in [0.15, 0.2) is 0 Å². The summed E-state index contributed by atoms with van der Waals surface area (Å²) in [5.41, 5.74) is 2.85. The van der Waals surface area contributed by atoms with Crippen molar-refractivity contribution in [3.05, 3.63) is 54.4 Å². The van der Waals surface area contributed by atoms with Gasteiger partial charge in [-0.2, -0.15) is 0 Å². The standard InChI is InChI=1S/C25H31N3O3/c1-27(2)24(30)25(11-14-28(15-12-25)23(29)22-6-4-16-31-22)17-19-7-9-20(10-8-19)21-5-3-13-26-18-21/h3,5,7-10,13,18,22H,4,6,11-12,14-17H2,1-2H3. The van der Waals surface area contributed by atoms with Gasteiger partial charge >= 0.3 is 0 Å². The third-order valence-corrected chi connectivity index (χ3v) is 6.59. The van der Waals surface area contributed by atoms with Gasteiger partial charge in [-0.3, -0.25) is 14.6 Å². The van der Waals surface area contributed by atoms with Crippen LogP contribution in [0.3, 0.4) is 0 Å². The largest absolute Gasteiger partial charge is 0.368 e. The summed E-state index contributed by atoms with van der Waals surface area (Å²) in [5, 5.41) is 0. The molecule has 0 spiro atoms. The molecule has 2 aromatic rings. The number of aromatic nitrogens is 1. The van der Waals surface area contributed by atoms with E-state index in [4.69, 9.17) is 4.74 Å². The van der Waals surface area contributed by atoms with E-state index in [1.807, 2.05) is 37.3 Å². The Morgan fingerprint density at radius 2 is 1.87 bits per heavy atom. The van der Waals surface area contributed by atoms with Crippen molar-refractivity contribution in [3.8, 4) is 11.1 Å². The van der Waals surface area contributed by atoms with Crippen LogP contribution in [0.25, 0.3) is 11.1 Å². The molecule has 164 valence electrons. The van der Waals surface area contributed by atoms with Crippen LogP contribution in [0.2, 0.25) is 0 Å². The predicted molar refractivity (Wildman–Crippen MR) is 119 cm³/mol. The monoisotopic (exact) mass is 421 g/mol. The third kappa shape index (κ3) is 4.64. The molecule has 2 saturated heterocycles. The van der Waals surface area contributed by atoms with E-state index in [0.717, 1.165) is 29.5 Å². The van der Waals surface area contributed by atoms with E-state index < -0.39 is 5.41 Å². The van der Waals surface area contributed by atoms with E-state index in [2.05, 4.69) is 29.2 Å². The minimum absolute atomic E-state index is 0.0872. The highest BCUT2D eigenvalue weighted by Crippen LogP contribution is 2.38.